The SMILES string of the molecule is CC1(COC(=O)N2CCc3c([nH]c4ccc(Cl)cc34)C2c2ccc(OCC(O)CO)cc2)CC1. The first-order valence-corrected chi connectivity index (χ1v) is 12.0. The third kappa shape index (κ3) is 4.60. The number of nitrogens with one attached hydrogen (secondary N) is 1. The van der Waals surface area contributed by atoms with E-state index in [9.17, 15) is 9.90 Å². The number of aromatic nitrogens is 1. The fourth-order valence-electron chi connectivity index (χ4n) is 4.47. The molecule has 0 spiro atoms. The van der Waals surface area contributed by atoms with Crippen LogP contribution in [0.3, 0.4) is 0 Å². The molecule has 2 unspecified atom stereocenters. The summed E-state index contributed by atoms with van der Waals surface area (Å²) in [4.78, 5) is 18.5. The van der Waals surface area contributed by atoms with Gasteiger partial charge in [0.1, 0.15) is 24.5 Å². The maximum atomic E-state index is 13.2. The molecule has 8 heteroatoms. The number of carbonyl (C=O) groups excluding carboxylic acids is 1. The number of amides is 1. The van der Waals surface area contributed by atoms with Crippen molar-refractivity contribution in [2.45, 2.75) is 38.3 Å². The van der Waals surface area contributed by atoms with Gasteiger partial charge in [-0.2, -0.15) is 0 Å². The summed E-state index contributed by atoms with van der Waals surface area (Å²) in [5.74, 6) is 0.575. The van der Waals surface area contributed by atoms with Crippen molar-refractivity contribution in [1.29, 1.82) is 0 Å². The molecule has 1 aliphatic heterocycles. The molecule has 34 heavy (non-hydrogen) atoms. The predicted octanol–water partition coefficient (Wildman–Crippen LogP) is 4.44. The maximum Gasteiger partial charge on any atom is 0.410 e. The van der Waals surface area contributed by atoms with Crippen LogP contribution in [0.1, 0.15) is 42.6 Å². The van der Waals surface area contributed by atoms with E-state index in [0.717, 1.165) is 40.6 Å². The van der Waals surface area contributed by atoms with Gasteiger partial charge in [-0.25, -0.2) is 4.79 Å². The molecule has 5 rings (SSSR count). The number of H-pyrrole nitrogens is 1. The van der Waals surface area contributed by atoms with Crippen LogP contribution in [0.15, 0.2) is 42.5 Å². The Kier molecular flexibility index (Phi) is 6.18. The highest BCUT2D eigenvalue weighted by atomic mass is 35.5. The van der Waals surface area contributed by atoms with E-state index in [4.69, 9.17) is 26.2 Å². The summed E-state index contributed by atoms with van der Waals surface area (Å²) < 4.78 is 11.3. The Hall–Kier alpha value is -2.74. The van der Waals surface area contributed by atoms with Crippen molar-refractivity contribution in [3.63, 3.8) is 0 Å². The predicted molar refractivity (Wildman–Crippen MR) is 129 cm³/mol. The summed E-state index contributed by atoms with van der Waals surface area (Å²) in [6.45, 7) is 2.75. The molecule has 3 aromatic rings. The molecule has 1 amide bonds. The number of fused-ring (bicyclic) bond motifs is 3. The Morgan fingerprint density at radius 3 is 2.74 bits per heavy atom. The zero-order valence-electron chi connectivity index (χ0n) is 19.1. The van der Waals surface area contributed by atoms with Crippen molar-refractivity contribution in [1.82, 2.24) is 9.88 Å². The van der Waals surface area contributed by atoms with Crippen LogP contribution in [0.4, 0.5) is 4.79 Å². The van der Waals surface area contributed by atoms with E-state index in [1.807, 2.05) is 42.5 Å². The normalized spacial score (nSPS) is 19.5. The number of aliphatic hydroxyl groups excluding tert-OH is 2. The second-order valence-corrected chi connectivity index (χ2v) is 10.1. The van der Waals surface area contributed by atoms with Crippen LogP contribution < -0.4 is 4.74 Å². The van der Waals surface area contributed by atoms with Gasteiger partial charge in [0.05, 0.1) is 13.2 Å². The second-order valence-electron chi connectivity index (χ2n) is 9.63. The minimum atomic E-state index is -0.933. The minimum Gasteiger partial charge on any atom is -0.491 e. The lowest BCUT2D eigenvalue weighted by Crippen LogP contribution is -2.41. The Balaban J connectivity index is 1.47. The van der Waals surface area contributed by atoms with Crippen molar-refractivity contribution in [2.24, 2.45) is 5.41 Å². The number of hydrogen-bond donors (Lipinski definition) is 3. The summed E-state index contributed by atoms with van der Waals surface area (Å²) in [5.41, 5.74) is 4.14. The van der Waals surface area contributed by atoms with Crippen molar-refractivity contribution in [2.75, 3.05) is 26.4 Å². The number of aliphatic hydroxyl groups is 2. The minimum absolute atomic E-state index is 0.00339. The lowest BCUT2D eigenvalue weighted by Gasteiger charge is -2.35. The van der Waals surface area contributed by atoms with Crippen molar-refractivity contribution in [3.05, 3.63) is 64.3 Å². The summed E-state index contributed by atoms with van der Waals surface area (Å²) in [7, 11) is 0. The zero-order chi connectivity index (χ0) is 23.9. The molecule has 2 heterocycles. The van der Waals surface area contributed by atoms with Crippen LogP contribution in [0, 0.1) is 5.41 Å². The number of hydrogen-bond acceptors (Lipinski definition) is 5. The molecule has 1 aromatic heterocycles. The molecule has 0 radical (unpaired) electrons. The van der Waals surface area contributed by atoms with Gasteiger partial charge >= 0.3 is 6.09 Å². The number of ether oxygens (including phenoxy) is 2. The molecule has 3 N–H and O–H groups in total. The molecule has 2 aliphatic rings. The summed E-state index contributed by atoms with van der Waals surface area (Å²) in [5, 5.41) is 20.3. The highest BCUT2D eigenvalue weighted by molar-refractivity contribution is 6.31. The monoisotopic (exact) mass is 484 g/mol. The van der Waals surface area contributed by atoms with Crippen molar-refractivity contribution >= 4 is 28.6 Å². The molecule has 7 nitrogen and oxygen atoms in total. The first-order valence-electron chi connectivity index (χ1n) is 11.6. The van der Waals surface area contributed by atoms with Gasteiger partial charge in [0.2, 0.25) is 0 Å². The summed E-state index contributed by atoms with van der Waals surface area (Å²) in [6, 6.07) is 12.9. The molecular weight excluding hydrogens is 456 g/mol. The average Bonchev–Trinajstić information content (AvgIpc) is 3.48. The zero-order valence-corrected chi connectivity index (χ0v) is 19.8. The first-order chi connectivity index (χ1) is 16.4. The third-order valence-corrected chi connectivity index (χ3v) is 7.06. The smallest absolute Gasteiger partial charge is 0.410 e. The highest BCUT2D eigenvalue weighted by Gasteiger charge is 2.41. The standard InChI is InChI=1S/C26H29ClN2O5/c1-26(9-10-26)15-34-25(32)29-11-8-20-21-12-17(27)4-7-22(21)28-23(20)24(29)16-2-5-19(6-3-16)33-14-18(31)13-30/h2-7,12,18,24,28,30-31H,8-11,13-15H2,1H3. The molecule has 0 saturated heterocycles. The quantitative estimate of drug-likeness (QED) is 0.461. The molecular formula is C26H29ClN2O5. The van der Waals surface area contributed by atoms with Crippen LogP contribution >= 0.6 is 11.6 Å². The van der Waals surface area contributed by atoms with Gasteiger partial charge in [-0.15, -0.1) is 0 Å². The van der Waals surface area contributed by atoms with E-state index in [2.05, 4.69) is 11.9 Å². The van der Waals surface area contributed by atoms with Gasteiger partial charge < -0.3 is 24.7 Å². The Morgan fingerprint density at radius 1 is 1.26 bits per heavy atom. The topological polar surface area (TPSA) is 95.0 Å². The van der Waals surface area contributed by atoms with Crippen LogP contribution in [0.2, 0.25) is 5.02 Å². The molecule has 2 aromatic carbocycles. The van der Waals surface area contributed by atoms with Gasteiger partial charge in [0.15, 0.2) is 0 Å². The van der Waals surface area contributed by atoms with Crippen molar-refractivity contribution < 1.29 is 24.5 Å². The number of rotatable bonds is 7. The Bertz CT molecular complexity index is 1190. The number of halogens is 1. The van der Waals surface area contributed by atoms with Gasteiger partial charge in [0.25, 0.3) is 0 Å². The molecule has 2 atom stereocenters. The molecule has 1 saturated carbocycles. The summed E-state index contributed by atoms with van der Waals surface area (Å²) in [6.07, 6.45) is 1.63. The van der Waals surface area contributed by atoms with Gasteiger partial charge in [0, 0.05) is 33.6 Å². The Labute approximate surface area is 203 Å². The maximum absolute atomic E-state index is 13.2. The van der Waals surface area contributed by atoms with E-state index >= 15 is 0 Å². The highest BCUT2D eigenvalue weighted by Crippen LogP contribution is 2.45. The number of carbonyl (C=O) groups is 1. The molecule has 1 aliphatic carbocycles. The van der Waals surface area contributed by atoms with E-state index < -0.39 is 6.10 Å². The van der Waals surface area contributed by atoms with E-state index in [1.54, 1.807) is 4.90 Å². The van der Waals surface area contributed by atoms with Gasteiger partial charge in [-0.1, -0.05) is 30.7 Å². The number of aromatic amines is 1. The number of benzene rings is 2. The summed E-state index contributed by atoms with van der Waals surface area (Å²) >= 11 is 6.27. The van der Waals surface area contributed by atoms with E-state index in [-0.39, 0.29) is 30.8 Å². The van der Waals surface area contributed by atoms with Crippen LogP contribution in [-0.4, -0.2) is 58.7 Å². The molecule has 1 fully saturated rings. The van der Waals surface area contributed by atoms with Crippen LogP contribution in [0.25, 0.3) is 10.9 Å². The Morgan fingerprint density at radius 2 is 2.03 bits per heavy atom. The largest absolute Gasteiger partial charge is 0.491 e. The van der Waals surface area contributed by atoms with E-state index in [0.29, 0.717) is 30.3 Å². The third-order valence-electron chi connectivity index (χ3n) is 6.82. The fraction of sp³-hybridized carbons (Fsp3) is 0.423. The lowest BCUT2D eigenvalue weighted by molar-refractivity contribution is 0.0536. The lowest BCUT2D eigenvalue weighted by atomic mass is 9.92. The van der Waals surface area contributed by atoms with Gasteiger partial charge in [-0.3, -0.25) is 4.90 Å². The van der Waals surface area contributed by atoms with Crippen molar-refractivity contribution in [3.8, 4) is 5.75 Å². The fourth-order valence-corrected chi connectivity index (χ4v) is 4.64. The van der Waals surface area contributed by atoms with E-state index in [1.165, 1.54) is 0 Å². The first kappa shape index (κ1) is 23.0. The average molecular weight is 485 g/mol. The molecule has 180 valence electrons. The second kappa shape index (κ2) is 9.13. The van der Waals surface area contributed by atoms with Crippen LogP contribution in [-0.2, 0) is 11.2 Å². The van der Waals surface area contributed by atoms with Gasteiger partial charge in [-0.05, 0) is 60.7 Å². The molecule has 0 bridgehead atoms. The number of nitrogens with zero attached hydrogens (tertiary/aromatic N) is 1. The van der Waals surface area contributed by atoms with Crippen LogP contribution in [0.5, 0.6) is 5.75 Å².